The van der Waals surface area contributed by atoms with Gasteiger partial charge in [-0.15, -0.1) is 5.10 Å². The van der Waals surface area contributed by atoms with Gasteiger partial charge >= 0.3 is 0 Å². The minimum atomic E-state index is 0.0405. The number of rotatable bonds is 6. The Morgan fingerprint density at radius 2 is 1.84 bits per heavy atom. The molecule has 1 aliphatic rings. The van der Waals surface area contributed by atoms with E-state index in [9.17, 15) is 4.79 Å². The lowest BCUT2D eigenvalue weighted by atomic mass is 10.2. The second-order valence-corrected chi connectivity index (χ2v) is 8.48. The fourth-order valence-electron chi connectivity index (χ4n) is 3.62. The van der Waals surface area contributed by atoms with Gasteiger partial charge in [-0.2, -0.15) is 0 Å². The topological polar surface area (TPSA) is 87.1 Å². The van der Waals surface area contributed by atoms with E-state index in [0.717, 1.165) is 48.9 Å². The van der Waals surface area contributed by atoms with Crippen LogP contribution in [-0.4, -0.2) is 56.5 Å². The number of anilines is 3. The van der Waals surface area contributed by atoms with E-state index in [1.807, 2.05) is 30.0 Å². The Morgan fingerprint density at radius 3 is 2.55 bits per heavy atom. The number of hydrogen-bond acceptors (Lipinski definition) is 8. The molecule has 3 aromatic rings. The largest absolute Gasteiger partial charge is 0.353 e. The normalized spacial score (nSPS) is 14.0. The summed E-state index contributed by atoms with van der Waals surface area (Å²) in [6.07, 6.45) is 1.74. The van der Waals surface area contributed by atoms with Gasteiger partial charge in [0.2, 0.25) is 0 Å². The Hall–Kier alpha value is -3.07. The fourth-order valence-corrected chi connectivity index (χ4v) is 4.29. The maximum absolute atomic E-state index is 12.9. The van der Waals surface area contributed by atoms with Crippen LogP contribution >= 0.6 is 11.5 Å². The molecule has 8 nitrogen and oxygen atoms in total. The van der Waals surface area contributed by atoms with Crippen molar-refractivity contribution in [1.29, 1.82) is 0 Å². The number of nitrogens with zero attached hydrogens (tertiary/aromatic N) is 6. The van der Waals surface area contributed by atoms with Crippen molar-refractivity contribution in [3.8, 4) is 0 Å². The monoisotopic (exact) mass is 437 g/mol. The van der Waals surface area contributed by atoms with E-state index < -0.39 is 0 Å². The van der Waals surface area contributed by atoms with Gasteiger partial charge in [0, 0.05) is 37.9 Å². The average Bonchev–Trinajstić information content (AvgIpc) is 3.23. The maximum atomic E-state index is 12.9. The van der Waals surface area contributed by atoms with Crippen LogP contribution in [0.3, 0.4) is 0 Å². The molecule has 0 bridgehead atoms. The third-order valence-corrected chi connectivity index (χ3v) is 6.03. The molecule has 0 unspecified atom stereocenters. The van der Waals surface area contributed by atoms with E-state index in [-0.39, 0.29) is 5.91 Å². The van der Waals surface area contributed by atoms with Crippen molar-refractivity contribution in [1.82, 2.24) is 24.5 Å². The van der Waals surface area contributed by atoms with Crippen molar-refractivity contribution in [2.45, 2.75) is 33.6 Å². The summed E-state index contributed by atoms with van der Waals surface area (Å²) in [5, 5.41) is 7.49. The number of hydrogen-bond donors (Lipinski definition) is 1. The summed E-state index contributed by atoms with van der Waals surface area (Å²) in [7, 11) is 0. The standard InChI is InChI=1S/C22H27N7OS/c1-4-5-18-21(31-27-26-18)22(30)29-12-10-28(11-13-29)20-14-19(23-16(3)24-20)25-17-8-6-15(2)7-9-17/h6-9,14H,4-5,10-13H2,1-3H3,(H,23,24,25). The number of piperazine rings is 1. The number of aromatic nitrogens is 4. The molecule has 2 aromatic heterocycles. The lowest BCUT2D eigenvalue weighted by Gasteiger charge is -2.35. The second-order valence-electron chi connectivity index (χ2n) is 7.73. The number of amides is 1. The van der Waals surface area contributed by atoms with Gasteiger partial charge in [-0.1, -0.05) is 35.5 Å². The van der Waals surface area contributed by atoms with Crippen molar-refractivity contribution in [2.75, 3.05) is 36.4 Å². The maximum Gasteiger partial charge on any atom is 0.267 e. The molecule has 1 N–H and O–H groups in total. The number of carbonyl (C=O) groups excluding carboxylic acids is 1. The van der Waals surface area contributed by atoms with Crippen molar-refractivity contribution >= 4 is 34.8 Å². The summed E-state index contributed by atoms with van der Waals surface area (Å²) in [6.45, 7) is 8.78. The first kappa shape index (κ1) is 21.2. The summed E-state index contributed by atoms with van der Waals surface area (Å²) in [4.78, 5) is 26.9. The Morgan fingerprint density at radius 1 is 1.10 bits per heavy atom. The van der Waals surface area contributed by atoms with Gasteiger partial charge in [0.15, 0.2) is 0 Å². The van der Waals surface area contributed by atoms with Crippen LogP contribution in [0.15, 0.2) is 30.3 Å². The zero-order valence-corrected chi connectivity index (χ0v) is 18.9. The van der Waals surface area contributed by atoms with Crippen LogP contribution in [0.4, 0.5) is 17.3 Å². The molecule has 1 aliphatic heterocycles. The van der Waals surface area contributed by atoms with Crippen LogP contribution in [-0.2, 0) is 6.42 Å². The van der Waals surface area contributed by atoms with Gasteiger partial charge in [0.1, 0.15) is 22.3 Å². The van der Waals surface area contributed by atoms with Crippen molar-refractivity contribution in [3.63, 3.8) is 0 Å². The predicted octanol–water partition coefficient (Wildman–Crippen LogP) is 3.60. The van der Waals surface area contributed by atoms with E-state index in [1.54, 1.807) is 0 Å². The van der Waals surface area contributed by atoms with Crippen LogP contribution in [0.5, 0.6) is 0 Å². The van der Waals surface area contributed by atoms with Gasteiger partial charge in [0.05, 0.1) is 5.69 Å². The Bertz CT molecular complexity index is 1040. The van der Waals surface area contributed by atoms with Crippen LogP contribution in [0.2, 0.25) is 0 Å². The van der Waals surface area contributed by atoms with E-state index in [0.29, 0.717) is 23.8 Å². The van der Waals surface area contributed by atoms with Crippen LogP contribution < -0.4 is 10.2 Å². The SMILES string of the molecule is CCCc1nnsc1C(=O)N1CCN(c2cc(Nc3ccc(C)cc3)nc(C)n2)CC1. The number of nitrogens with one attached hydrogen (secondary N) is 1. The first-order chi connectivity index (χ1) is 15.0. The number of aryl methyl sites for hydroxylation is 3. The van der Waals surface area contributed by atoms with E-state index in [4.69, 9.17) is 0 Å². The fraction of sp³-hybridized carbons (Fsp3) is 0.409. The Labute approximate surface area is 186 Å². The first-order valence-electron chi connectivity index (χ1n) is 10.6. The number of benzene rings is 1. The molecule has 1 amide bonds. The van der Waals surface area contributed by atoms with Crippen molar-refractivity contribution in [3.05, 3.63) is 52.3 Å². The van der Waals surface area contributed by atoms with Gasteiger partial charge < -0.3 is 15.1 Å². The van der Waals surface area contributed by atoms with Crippen LogP contribution in [0, 0.1) is 13.8 Å². The molecule has 31 heavy (non-hydrogen) atoms. The highest BCUT2D eigenvalue weighted by atomic mass is 32.1. The third kappa shape index (κ3) is 4.99. The number of carbonyl (C=O) groups is 1. The Balaban J connectivity index is 1.42. The average molecular weight is 438 g/mol. The smallest absolute Gasteiger partial charge is 0.267 e. The molecule has 162 valence electrons. The second kappa shape index (κ2) is 9.38. The zero-order chi connectivity index (χ0) is 21.8. The van der Waals surface area contributed by atoms with E-state index in [2.05, 4.69) is 55.8 Å². The Kier molecular flexibility index (Phi) is 6.41. The summed E-state index contributed by atoms with van der Waals surface area (Å²) >= 11 is 1.20. The molecule has 1 saturated heterocycles. The van der Waals surface area contributed by atoms with Gasteiger partial charge in [-0.25, -0.2) is 9.97 Å². The molecular formula is C22H27N7OS. The third-order valence-electron chi connectivity index (χ3n) is 5.28. The highest BCUT2D eigenvalue weighted by Crippen LogP contribution is 2.22. The molecule has 1 fully saturated rings. The predicted molar refractivity (Wildman–Crippen MR) is 123 cm³/mol. The van der Waals surface area contributed by atoms with Crippen LogP contribution in [0.1, 0.15) is 40.1 Å². The molecule has 0 atom stereocenters. The highest BCUT2D eigenvalue weighted by Gasteiger charge is 2.26. The molecule has 0 spiro atoms. The molecule has 3 heterocycles. The van der Waals surface area contributed by atoms with Crippen molar-refractivity contribution in [2.24, 2.45) is 0 Å². The molecule has 0 saturated carbocycles. The minimum absolute atomic E-state index is 0.0405. The van der Waals surface area contributed by atoms with Gasteiger partial charge in [-0.05, 0) is 43.9 Å². The summed E-state index contributed by atoms with van der Waals surface area (Å²) in [5.41, 5.74) is 3.03. The first-order valence-corrected chi connectivity index (χ1v) is 11.4. The molecule has 0 radical (unpaired) electrons. The zero-order valence-electron chi connectivity index (χ0n) is 18.1. The van der Waals surface area contributed by atoms with Crippen molar-refractivity contribution < 1.29 is 4.79 Å². The molecular weight excluding hydrogens is 410 g/mol. The lowest BCUT2D eigenvalue weighted by Crippen LogP contribution is -2.49. The summed E-state index contributed by atoms with van der Waals surface area (Å²) in [5.74, 6) is 2.40. The highest BCUT2D eigenvalue weighted by molar-refractivity contribution is 7.08. The van der Waals surface area contributed by atoms with E-state index >= 15 is 0 Å². The molecule has 1 aromatic carbocycles. The quantitative estimate of drug-likeness (QED) is 0.630. The van der Waals surface area contributed by atoms with Crippen LogP contribution in [0.25, 0.3) is 0 Å². The molecule has 9 heteroatoms. The van der Waals surface area contributed by atoms with Gasteiger partial charge in [-0.3, -0.25) is 4.79 Å². The summed E-state index contributed by atoms with van der Waals surface area (Å²) in [6, 6.07) is 10.2. The van der Waals surface area contributed by atoms with E-state index in [1.165, 1.54) is 17.1 Å². The molecule has 4 rings (SSSR count). The molecule has 0 aliphatic carbocycles. The summed E-state index contributed by atoms with van der Waals surface area (Å²) < 4.78 is 3.99. The minimum Gasteiger partial charge on any atom is -0.353 e. The van der Waals surface area contributed by atoms with Gasteiger partial charge in [0.25, 0.3) is 5.91 Å². The lowest BCUT2D eigenvalue weighted by molar-refractivity contribution is 0.0750.